The molecule has 0 unspecified atom stereocenters. The molecule has 1 aliphatic heterocycles. The largest absolute Gasteiger partial charge is 0.434 e. The lowest BCUT2D eigenvalue weighted by molar-refractivity contribution is -0.215. The summed E-state index contributed by atoms with van der Waals surface area (Å²) in [6.07, 6.45) is -8.90. The summed E-state index contributed by atoms with van der Waals surface area (Å²) < 4.78 is 68.6. The number of rotatable bonds is 6. The van der Waals surface area contributed by atoms with E-state index in [9.17, 15) is 31.5 Å². The van der Waals surface area contributed by atoms with Gasteiger partial charge in [-0.25, -0.2) is 17.9 Å². The van der Waals surface area contributed by atoms with Gasteiger partial charge in [0.2, 0.25) is 16.1 Å². The molecule has 28 heavy (non-hydrogen) atoms. The number of aliphatic hydroxyl groups excluding tert-OH is 1. The number of nitrogens with one attached hydrogen (secondary N) is 1. The molecule has 1 aliphatic rings. The van der Waals surface area contributed by atoms with E-state index < -0.39 is 40.6 Å². The van der Waals surface area contributed by atoms with Gasteiger partial charge in [-0.05, 0) is 25.0 Å². The number of ether oxygens (including phenoxy) is 1. The summed E-state index contributed by atoms with van der Waals surface area (Å²) in [6, 6.07) is 7.54. The van der Waals surface area contributed by atoms with Crippen LogP contribution in [0.25, 0.3) is 0 Å². The Labute approximate surface area is 160 Å². The summed E-state index contributed by atoms with van der Waals surface area (Å²) in [6.45, 7) is -1.96. The number of piperidine rings is 1. The molecule has 8 nitrogen and oxygen atoms in total. The van der Waals surface area contributed by atoms with E-state index in [-0.39, 0.29) is 37.4 Å². The minimum absolute atomic E-state index is 0.0295. The SMILES string of the molecule is O=C(O[C@H](CO)C(F)(F)F)N1CCC(O)(CNS(=O)(=O)c2ccccc2)CC1. The van der Waals surface area contributed by atoms with Gasteiger partial charge >= 0.3 is 12.3 Å². The predicted molar refractivity (Wildman–Crippen MR) is 90.8 cm³/mol. The normalized spacial score (nSPS) is 18.5. The van der Waals surface area contributed by atoms with E-state index in [0.29, 0.717) is 0 Å². The maximum atomic E-state index is 12.6. The van der Waals surface area contributed by atoms with Gasteiger partial charge in [0.05, 0.1) is 17.1 Å². The van der Waals surface area contributed by atoms with Gasteiger partial charge < -0.3 is 19.8 Å². The number of hydrogen-bond donors (Lipinski definition) is 3. The molecule has 1 heterocycles. The third kappa shape index (κ3) is 5.80. The molecule has 1 aromatic carbocycles. The quantitative estimate of drug-likeness (QED) is 0.621. The molecular formula is C16H21F3N2O6S. The molecule has 1 fully saturated rings. The average molecular weight is 426 g/mol. The number of sulfonamides is 1. The third-order valence-electron chi connectivity index (χ3n) is 4.37. The number of hydrogen-bond acceptors (Lipinski definition) is 6. The van der Waals surface area contributed by atoms with Gasteiger partial charge in [-0.15, -0.1) is 0 Å². The van der Waals surface area contributed by atoms with Crippen LogP contribution >= 0.6 is 0 Å². The Morgan fingerprint density at radius 3 is 2.32 bits per heavy atom. The average Bonchev–Trinajstić information content (AvgIpc) is 2.65. The Morgan fingerprint density at radius 2 is 1.82 bits per heavy atom. The second-order valence-corrected chi connectivity index (χ2v) is 8.21. The first kappa shape index (κ1) is 22.4. The first-order valence-electron chi connectivity index (χ1n) is 8.37. The maximum Gasteiger partial charge on any atom is 0.427 e. The minimum atomic E-state index is -4.89. The number of likely N-dealkylation sites (tertiary alicyclic amines) is 1. The second-order valence-electron chi connectivity index (χ2n) is 6.45. The molecule has 2 rings (SSSR count). The molecule has 0 aromatic heterocycles. The first-order chi connectivity index (χ1) is 13.0. The number of nitrogens with zero attached hydrogens (tertiary/aromatic N) is 1. The second kappa shape index (κ2) is 8.64. The van der Waals surface area contributed by atoms with Crippen LogP contribution in [0.5, 0.6) is 0 Å². The van der Waals surface area contributed by atoms with Crippen molar-refractivity contribution in [1.82, 2.24) is 9.62 Å². The van der Waals surface area contributed by atoms with Crippen LogP contribution in [-0.4, -0.2) is 73.7 Å². The third-order valence-corrected chi connectivity index (χ3v) is 5.79. The molecular weight excluding hydrogens is 405 g/mol. The molecule has 0 bridgehead atoms. The van der Waals surface area contributed by atoms with Crippen LogP contribution in [0.3, 0.4) is 0 Å². The van der Waals surface area contributed by atoms with Crippen molar-refractivity contribution in [2.45, 2.75) is 35.6 Å². The van der Waals surface area contributed by atoms with Gasteiger partial charge in [0.25, 0.3) is 0 Å². The molecule has 158 valence electrons. The highest BCUT2D eigenvalue weighted by Crippen LogP contribution is 2.26. The van der Waals surface area contributed by atoms with Crippen LogP contribution in [0.4, 0.5) is 18.0 Å². The van der Waals surface area contributed by atoms with Crippen LogP contribution in [0, 0.1) is 0 Å². The van der Waals surface area contributed by atoms with Crippen molar-refractivity contribution in [3.63, 3.8) is 0 Å². The lowest BCUT2D eigenvalue weighted by atomic mass is 9.92. The number of carbonyl (C=O) groups excluding carboxylic acids is 1. The number of benzene rings is 1. The standard InChI is InChI=1S/C16H21F3N2O6S/c17-16(18,19)13(10-22)27-14(23)21-8-6-15(24,7-9-21)11-20-28(25,26)12-4-2-1-3-5-12/h1-5,13,20,22,24H,6-11H2/t13-/m1/s1. The van der Waals surface area contributed by atoms with Gasteiger partial charge in [0.1, 0.15) is 0 Å². The number of alkyl halides is 3. The van der Waals surface area contributed by atoms with Crippen molar-refractivity contribution in [3.05, 3.63) is 30.3 Å². The van der Waals surface area contributed by atoms with Crippen molar-refractivity contribution in [2.75, 3.05) is 26.2 Å². The van der Waals surface area contributed by atoms with Crippen molar-refractivity contribution in [2.24, 2.45) is 0 Å². The Kier molecular flexibility index (Phi) is 6.91. The van der Waals surface area contributed by atoms with E-state index >= 15 is 0 Å². The van der Waals surface area contributed by atoms with E-state index in [4.69, 9.17) is 5.11 Å². The topological polar surface area (TPSA) is 116 Å². The Hall–Kier alpha value is -1.89. The number of halogens is 3. The lowest BCUT2D eigenvalue weighted by Crippen LogP contribution is -2.53. The van der Waals surface area contributed by atoms with Crippen molar-refractivity contribution in [1.29, 1.82) is 0 Å². The smallest absolute Gasteiger partial charge is 0.427 e. The molecule has 0 saturated carbocycles. The molecule has 12 heteroatoms. The molecule has 1 saturated heterocycles. The molecule has 0 aliphatic carbocycles. The van der Waals surface area contributed by atoms with Crippen LogP contribution in [0.2, 0.25) is 0 Å². The van der Waals surface area contributed by atoms with E-state index in [2.05, 4.69) is 9.46 Å². The van der Waals surface area contributed by atoms with Crippen molar-refractivity contribution in [3.8, 4) is 0 Å². The number of aliphatic hydroxyl groups is 2. The van der Waals surface area contributed by atoms with Gasteiger partial charge in [-0.2, -0.15) is 13.2 Å². The molecule has 0 radical (unpaired) electrons. The summed E-state index contributed by atoms with van der Waals surface area (Å²) >= 11 is 0. The van der Waals surface area contributed by atoms with Crippen LogP contribution < -0.4 is 4.72 Å². The van der Waals surface area contributed by atoms with E-state index in [0.717, 1.165) is 4.90 Å². The van der Waals surface area contributed by atoms with Gasteiger partial charge in [-0.1, -0.05) is 18.2 Å². The summed E-state index contributed by atoms with van der Waals surface area (Å²) in [7, 11) is -3.83. The Morgan fingerprint density at radius 1 is 1.25 bits per heavy atom. The number of carbonyl (C=O) groups is 1. The van der Waals surface area contributed by atoms with Crippen molar-refractivity contribution < 1.29 is 41.3 Å². The summed E-state index contributed by atoms with van der Waals surface area (Å²) in [5, 5.41) is 19.2. The first-order valence-corrected chi connectivity index (χ1v) is 9.85. The fraction of sp³-hybridized carbons (Fsp3) is 0.562. The highest BCUT2D eigenvalue weighted by molar-refractivity contribution is 7.89. The molecule has 3 N–H and O–H groups in total. The molecule has 1 amide bonds. The molecule has 0 spiro atoms. The fourth-order valence-electron chi connectivity index (χ4n) is 2.60. The summed E-state index contributed by atoms with van der Waals surface area (Å²) in [5.74, 6) is 0. The summed E-state index contributed by atoms with van der Waals surface area (Å²) in [4.78, 5) is 12.8. The van der Waals surface area contributed by atoms with Gasteiger partial charge in [0, 0.05) is 19.6 Å². The minimum Gasteiger partial charge on any atom is -0.434 e. The zero-order valence-electron chi connectivity index (χ0n) is 14.7. The van der Waals surface area contributed by atoms with Crippen LogP contribution in [-0.2, 0) is 14.8 Å². The molecule has 1 atom stereocenters. The lowest BCUT2D eigenvalue weighted by Gasteiger charge is -2.38. The number of amides is 1. The van der Waals surface area contributed by atoms with Crippen LogP contribution in [0.1, 0.15) is 12.8 Å². The van der Waals surface area contributed by atoms with Crippen LogP contribution in [0.15, 0.2) is 35.2 Å². The van der Waals surface area contributed by atoms with Crippen molar-refractivity contribution >= 4 is 16.1 Å². The highest BCUT2D eigenvalue weighted by Gasteiger charge is 2.44. The monoisotopic (exact) mass is 426 g/mol. The maximum absolute atomic E-state index is 12.6. The summed E-state index contributed by atoms with van der Waals surface area (Å²) in [5.41, 5.74) is -1.46. The zero-order chi connectivity index (χ0) is 21.0. The Balaban J connectivity index is 1.89. The Bertz CT molecular complexity index is 764. The van der Waals surface area contributed by atoms with Gasteiger partial charge in [0.15, 0.2) is 0 Å². The predicted octanol–water partition coefficient (Wildman–Crippen LogP) is 0.852. The van der Waals surface area contributed by atoms with E-state index in [1.807, 2.05) is 0 Å². The van der Waals surface area contributed by atoms with E-state index in [1.165, 1.54) is 12.1 Å². The zero-order valence-corrected chi connectivity index (χ0v) is 15.5. The molecule has 1 aromatic rings. The highest BCUT2D eigenvalue weighted by atomic mass is 32.2. The van der Waals surface area contributed by atoms with E-state index in [1.54, 1.807) is 18.2 Å². The van der Waals surface area contributed by atoms with Gasteiger partial charge in [-0.3, -0.25) is 0 Å². The fourth-order valence-corrected chi connectivity index (χ4v) is 3.74.